The van der Waals surface area contributed by atoms with Crippen molar-refractivity contribution in [2.75, 3.05) is 6.54 Å². The lowest BCUT2D eigenvalue weighted by atomic mass is 10.1. The average molecular weight is 265 g/mol. The predicted molar refractivity (Wildman–Crippen MR) is 66.3 cm³/mol. The van der Waals surface area contributed by atoms with Crippen molar-refractivity contribution in [2.45, 2.75) is 25.2 Å². The van der Waals surface area contributed by atoms with Crippen LogP contribution in [0.15, 0.2) is 29.2 Å². The van der Waals surface area contributed by atoms with Crippen molar-refractivity contribution in [2.24, 2.45) is 11.3 Å². The van der Waals surface area contributed by atoms with Gasteiger partial charge in [0.1, 0.15) is 0 Å². The first kappa shape index (κ1) is 11.7. The highest BCUT2D eigenvalue weighted by molar-refractivity contribution is 7.89. The summed E-state index contributed by atoms with van der Waals surface area (Å²) >= 11 is 0. The first-order valence-corrected chi connectivity index (χ1v) is 7.42. The molecule has 96 valence electrons. The van der Waals surface area contributed by atoms with Gasteiger partial charge in [0, 0.05) is 12.5 Å². The van der Waals surface area contributed by atoms with Gasteiger partial charge in [-0.2, -0.15) is 0 Å². The molecule has 1 saturated carbocycles. The molecule has 1 aliphatic heterocycles. The van der Waals surface area contributed by atoms with Crippen LogP contribution in [0.4, 0.5) is 0 Å². The summed E-state index contributed by atoms with van der Waals surface area (Å²) in [6, 6.07) is 6.61. The van der Waals surface area contributed by atoms with E-state index in [9.17, 15) is 13.2 Å². The number of amides is 1. The molecule has 1 saturated heterocycles. The lowest BCUT2D eigenvalue weighted by Gasteiger charge is -2.19. The normalized spacial score (nSPS) is 30.4. The van der Waals surface area contributed by atoms with E-state index in [-0.39, 0.29) is 22.1 Å². The molecule has 1 aliphatic carbocycles. The number of rotatable bonds is 2. The highest BCUT2D eigenvalue weighted by Gasteiger charge is 2.64. The summed E-state index contributed by atoms with van der Waals surface area (Å²) in [5.41, 5.74) is 0.881. The number of sulfonamides is 1. The lowest BCUT2D eigenvalue weighted by Crippen LogP contribution is -2.35. The van der Waals surface area contributed by atoms with E-state index in [1.54, 1.807) is 24.3 Å². The van der Waals surface area contributed by atoms with Crippen LogP contribution in [0.3, 0.4) is 0 Å². The highest BCUT2D eigenvalue weighted by atomic mass is 32.2. The minimum atomic E-state index is -3.66. The molecule has 2 fully saturated rings. The Kier molecular flexibility index (Phi) is 2.18. The fourth-order valence-corrected chi connectivity index (χ4v) is 4.15. The summed E-state index contributed by atoms with van der Waals surface area (Å²) in [5.74, 6) is -0.323. The molecule has 2 aliphatic rings. The summed E-state index contributed by atoms with van der Waals surface area (Å²) in [7, 11) is -3.66. The van der Waals surface area contributed by atoms with Gasteiger partial charge in [0.2, 0.25) is 5.91 Å². The summed E-state index contributed by atoms with van der Waals surface area (Å²) in [6.45, 7) is 4.20. The van der Waals surface area contributed by atoms with Crippen LogP contribution in [0.5, 0.6) is 0 Å². The van der Waals surface area contributed by atoms with E-state index in [1.165, 1.54) is 0 Å². The molecule has 1 amide bonds. The maximum absolute atomic E-state index is 12.4. The van der Waals surface area contributed by atoms with E-state index in [2.05, 4.69) is 0 Å². The number of fused-ring (bicyclic) bond motifs is 1. The van der Waals surface area contributed by atoms with Crippen molar-refractivity contribution in [3.05, 3.63) is 29.8 Å². The Morgan fingerprint density at radius 2 is 1.89 bits per heavy atom. The van der Waals surface area contributed by atoms with E-state index < -0.39 is 10.0 Å². The number of hydrogen-bond acceptors (Lipinski definition) is 3. The number of nitrogens with zero attached hydrogens (tertiary/aromatic N) is 1. The van der Waals surface area contributed by atoms with Gasteiger partial charge in [-0.3, -0.25) is 4.79 Å². The topological polar surface area (TPSA) is 54.5 Å². The van der Waals surface area contributed by atoms with Gasteiger partial charge in [-0.05, 0) is 30.9 Å². The molecule has 18 heavy (non-hydrogen) atoms. The monoisotopic (exact) mass is 265 g/mol. The minimum Gasteiger partial charge on any atom is -0.273 e. The molecule has 2 unspecified atom stereocenters. The van der Waals surface area contributed by atoms with E-state index >= 15 is 0 Å². The van der Waals surface area contributed by atoms with Gasteiger partial charge in [-0.25, -0.2) is 12.7 Å². The zero-order valence-electron chi connectivity index (χ0n) is 10.4. The first-order valence-electron chi connectivity index (χ1n) is 5.98. The molecule has 1 aromatic carbocycles. The summed E-state index contributed by atoms with van der Waals surface area (Å²) in [5, 5.41) is 0. The number of hydrogen-bond donors (Lipinski definition) is 0. The van der Waals surface area contributed by atoms with E-state index in [1.807, 2.05) is 13.8 Å². The van der Waals surface area contributed by atoms with E-state index in [0.29, 0.717) is 6.54 Å². The second-order valence-electron chi connectivity index (χ2n) is 5.57. The Labute approximate surface area is 107 Å². The quantitative estimate of drug-likeness (QED) is 0.815. The van der Waals surface area contributed by atoms with Crippen LogP contribution >= 0.6 is 0 Å². The predicted octanol–water partition coefficient (Wildman–Crippen LogP) is 1.55. The maximum atomic E-state index is 12.4. The van der Waals surface area contributed by atoms with Crippen molar-refractivity contribution < 1.29 is 13.2 Å². The van der Waals surface area contributed by atoms with Gasteiger partial charge in [0.15, 0.2) is 0 Å². The molecule has 3 rings (SSSR count). The van der Waals surface area contributed by atoms with Crippen LogP contribution in [-0.2, 0) is 14.8 Å². The Balaban J connectivity index is 1.97. The maximum Gasteiger partial charge on any atom is 0.266 e. The van der Waals surface area contributed by atoms with E-state index in [0.717, 1.165) is 16.3 Å². The fourth-order valence-electron chi connectivity index (χ4n) is 2.59. The van der Waals surface area contributed by atoms with Gasteiger partial charge in [0.05, 0.1) is 4.90 Å². The molecular weight excluding hydrogens is 250 g/mol. The van der Waals surface area contributed by atoms with Crippen LogP contribution in [0.1, 0.15) is 18.9 Å². The van der Waals surface area contributed by atoms with Crippen LogP contribution in [0, 0.1) is 18.3 Å². The van der Waals surface area contributed by atoms with Crippen molar-refractivity contribution in [3.8, 4) is 0 Å². The molecule has 0 bridgehead atoms. The third kappa shape index (κ3) is 1.50. The number of carbonyl (C=O) groups is 1. The number of aryl methyl sites for hydroxylation is 1. The van der Waals surface area contributed by atoms with Crippen molar-refractivity contribution in [1.29, 1.82) is 0 Å². The summed E-state index contributed by atoms with van der Waals surface area (Å²) in [4.78, 5) is 12.2. The zero-order valence-corrected chi connectivity index (χ0v) is 11.2. The summed E-state index contributed by atoms with van der Waals surface area (Å²) < 4.78 is 25.8. The lowest BCUT2D eigenvalue weighted by molar-refractivity contribution is -0.125. The number of benzene rings is 1. The second-order valence-corrected chi connectivity index (χ2v) is 7.44. The molecule has 2 atom stereocenters. The Morgan fingerprint density at radius 1 is 1.28 bits per heavy atom. The van der Waals surface area contributed by atoms with Gasteiger partial charge in [-0.15, -0.1) is 0 Å². The third-order valence-corrected chi connectivity index (χ3v) is 5.77. The molecule has 0 radical (unpaired) electrons. The molecule has 5 heteroatoms. The molecule has 1 aromatic rings. The standard InChI is InChI=1S/C13H15NO3S/c1-9-3-5-10(6-4-9)18(16,17)14-8-13(2)7-11(13)12(14)15/h3-6,11H,7-8H2,1-2H3. The van der Waals surface area contributed by atoms with Crippen LogP contribution in [0.25, 0.3) is 0 Å². The van der Waals surface area contributed by atoms with Gasteiger partial charge in [0.25, 0.3) is 10.0 Å². The second kappa shape index (κ2) is 3.35. The van der Waals surface area contributed by atoms with Crippen molar-refractivity contribution in [1.82, 2.24) is 4.31 Å². The largest absolute Gasteiger partial charge is 0.273 e. The smallest absolute Gasteiger partial charge is 0.266 e. The first-order chi connectivity index (χ1) is 8.34. The molecule has 1 heterocycles. The summed E-state index contributed by atoms with van der Waals surface area (Å²) in [6.07, 6.45) is 0.825. The fraction of sp³-hybridized carbons (Fsp3) is 0.462. The molecule has 4 nitrogen and oxygen atoms in total. The van der Waals surface area contributed by atoms with Crippen LogP contribution in [-0.4, -0.2) is 25.2 Å². The van der Waals surface area contributed by atoms with E-state index in [4.69, 9.17) is 0 Å². The van der Waals surface area contributed by atoms with Crippen molar-refractivity contribution in [3.63, 3.8) is 0 Å². The molecule has 0 spiro atoms. The van der Waals surface area contributed by atoms with Crippen LogP contribution < -0.4 is 0 Å². The third-order valence-electron chi connectivity index (χ3n) is 4.01. The van der Waals surface area contributed by atoms with Crippen molar-refractivity contribution >= 4 is 15.9 Å². The van der Waals surface area contributed by atoms with Gasteiger partial charge >= 0.3 is 0 Å². The molecular formula is C13H15NO3S. The van der Waals surface area contributed by atoms with Gasteiger partial charge in [-0.1, -0.05) is 24.6 Å². The zero-order chi connectivity index (χ0) is 13.1. The Hall–Kier alpha value is -1.36. The van der Waals surface area contributed by atoms with Gasteiger partial charge < -0.3 is 0 Å². The Morgan fingerprint density at radius 3 is 2.39 bits per heavy atom. The molecule has 0 N–H and O–H groups in total. The minimum absolute atomic E-state index is 0.0854. The SMILES string of the molecule is Cc1ccc(S(=O)(=O)N2CC3(C)CC3C2=O)cc1. The highest BCUT2D eigenvalue weighted by Crippen LogP contribution is 2.58. The molecule has 0 aromatic heterocycles. The Bertz CT molecular complexity index is 620. The number of carbonyl (C=O) groups excluding carboxylic acids is 1. The van der Waals surface area contributed by atoms with Crippen LogP contribution in [0.2, 0.25) is 0 Å². The number of piperidine rings is 1. The average Bonchev–Trinajstić information content (AvgIpc) is 2.91.